The van der Waals surface area contributed by atoms with Crippen molar-refractivity contribution in [1.29, 1.82) is 0 Å². The fourth-order valence-corrected chi connectivity index (χ4v) is 1.18. The van der Waals surface area contributed by atoms with Gasteiger partial charge in [0.05, 0.1) is 11.1 Å². The van der Waals surface area contributed by atoms with Gasteiger partial charge < -0.3 is 15.6 Å². The van der Waals surface area contributed by atoms with Crippen molar-refractivity contribution in [3.8, 4) is 5.75 Å². The summed E-state index contributed by atoms with van der Waals surface area (Å²) in [4.78, 5) is 10.6. The molecular weight excluding hydrogens is 239 g/mol. The summed E-state index contributed by atoms with van der Waals surface area (Å²) in [6.07, 6.45) is -4.67. The largest absolute Gasteiger partial charge is 0.492 e. The van der Waals surface area contributed by atoms with Crippen LogP contribution in [0.4, 0.5) is 13.2 Å². The highest BCUT2D eigenvalue weighted by atomic mass is 19.4. The Morgan fingerprint density at radius 2 is 2.06 bits per heavy atom. The SMILES string of the molecule is NCCOc1ccc(C(=O)O)cc1C(F)(F)F. The molecule has 0 aliphatic heterocycles. The lowest BCUT2D eigenvalue weighted by atomic mass is 10.1. The second-order valence-corrected chi connectivity index (χ2v) is 3.15. The maximum Gasteiger partial charge on any atom is 0.419 e. The van der Waals surface area contributed by atoms with Crippen molar-refractivity contribution in [2.45, 2.75) is 6.18 Å². The zero-order chi connectivity index (χ0) is 13.1. The van der Waals surface area contributed by atoms with Gasteiger partial charge in [0.1, 0.15) is 12.4 Å². The third kappa shape index (κ3) is 3.35. The Morgan fingerprint density at radius 3 is 2.53 bits per heavy atom. The molecule has 0 aliphatic rings. The summed E-state index contributed by atoms with van der Waals surface area (Å²) >= 11 is 0. The number of aromatic carboxylic acids is 1. The van der Waals surface area contributed by atoms with E-state index >= 15 is 0 Å². The molecule has 0 saturated carbocycles. The van der Waals surface area contributed by atoms with Crippen molar-refractivity contribution in [2.24, 2.45) is 5.73 Å². The first-order valence-corrected chi connectivity index (χ1v) is 4.63. The van der Waals surface area contributed by atoms with Crippen molar-refractivity contribution in [1.82, 2.24) is 0 Å². The van der Waals surface area contributed by atoms with Crippen molar-refractivity contribution in [2.75, 3.05) is 13.2 Å². The number of alkyl halides is 3. The molecule has 0 unspecified atom stereocenters. The average Bonchev–Trinajstić information content (AvgIpc) is 2.24. The fourth-order valence-electron chi connectivity index (χ4n) is 1.18. The molecule has 7 heteroatoms. The molecule has 0 aliphatic carbocycles. The minimum Gasteiger partial charge on any atom is -0.492 e. The van der Waals surface area contributed by atoms with Crippen LogP contribution in [0.5, 0.6) is 5.75 Å². The molecule has 0 fully saturated rings. The number of halogens is 3. The number of hydrogen-bond donors (Lipinski definition) is 2. The Morgan fingerprint density at radius 1 is 1.41 bits per heavy atom. The van der Waals surface area contributed by atoms with E-state index in [2.05, 4.69) is 0 Å². The Kier molecular flexibility index (Phi) is 3.95. The van der Waals surface area contributed by atoms with Crippen LogP contribution in [0, 0.1) is 0 Å². The van der Waals surface area contributed by atoms with Gasteiger partial charge in [0, 0.05) is 6.54 Å². The second-order valence-electron chi connectivity index (χ2n) is 3.15. The van der Waals surface area contributed by atoms with Crippen LogP contribution in [-0.2, 0) is 6.18 Å². The molecule has 0 heterocycles. The lowest BCUT2D eigenvalue weighted by molar-refractivity contribution is -0.138. The molecule has 94 valence electrons. The molecule has 0 saturated heterocycles. The monoisotopic (exact) mass is 249 g/mol. The van der Waals surface area contributed by atoms with Crippen LogP contribution < -0.4 is 10.5 Å². The zero-order valence-corrected chi connectivity index (χ0v) is 8.62. The first kappa shape index (κ1) is 13.3. The van der Waals surface area contributed by atoms with Gasteiger partial charge in [-0.05, 0) is 18.2 Å². The Labute approximate surface area is 94.8 Å². The minimum absolute atomic E-state index is 0.0674. The standard InChI is InChI=1S/C10H10F3NO3/c11-10(12,13)7-5-6(9(15)16)1-2-8(7)17-4-3-14/h1-2,5H,3-4,14H2,(H,15,16). The fraction of sp³-hybridized carbons (Fsp3) is 0.300. The molecular formula is C10H10F3NO3. The van der Waals surface area contributed by atoms with E-state index in [0.717, 1.165) is 12.1 Å². The lowest BCUT2D eigenvalue weighted by Crippen LogP contribution is -2.15. The van der Waals surface area contributed by atoms with Crippen LogP contribution >= 0.6 is 0 Å². The van der Waals surface area contributed by atoms with Gasteiger partial charge in [-0.25, -0.2) is 4.79 Å². The normalized spacial score (nSPS) is 11.3. The topological polar surface area (TPSA) is 72.5 Å². The zero-order valence-electron chi connectivity index (χ0n) is 8.62. The van der Waals surface area contributed by atoms with Crippen LogP contribution in [0.15, 0.2) is 18.2 Å². The van der Waals surface area contributed by atoms with Gasteiger partial charge in [-0.15, -0.1) is 0 Å². The highest BCUT2D eigenvalue weighted by Gasteiger charge is 2.35. The van der Waals surface area contributed by atoms with E-state index in [1.807, 2.05) is 0 Å². The van der Waals surface area contributed by atoms with Gasteiger partial charge >= 0.3 is 12.1 Å². The molecule has 1 aromatic rings. The van der Waals surface area contributed by atoms with Crippen LogP contribution in [0.25, 0.3) is 0 Å². The van der Waals surface area contributed by atoms with Crippen molar-refractivity contribution in [3.05, 3.63) is 29.3 Å². The maximum atomic E-state index is 12.6. The molecule has 1 aromatic carbocycles. The molecule has 0 amide bonds. The Balaban J connectivity index is 3.17. The van der Waals surface area contributed by atoms with Gasteiger partial charge in [0.15, 0.2) is 0 Å². The number of nitrogens with two attached hydrogens (primary N) is 1. The summed E-state index contributed by atoms with van der Waals surface area (Å²) in [6, 6.07) is 2.56. The van der Waals surface area contributed by atoms with Crippen LogP contribution in [0.1, 0.15) is 15.9 Å². The molecule has 0 atom stereocenters. The quantitative estimate of drug-likeness (QED) is 0.852. The predicted octanol–water partition coefficient (Wildman–Crippen LogP) is 1.74. The summed E-state index contributed by atoms with van der Waals surface area (Å²) in [6.45, 7) is -0.00647. The number of carboxylic acid groups (broad SMARTS) is 1. The number of rotatable bonds is 4. The van der Waals surface area contributed by atoms with Crippen LogP contribution in [0.2, 0.25) is 0 Å². The van der Waals surface area contributed by atoms with E-state index in [-0.39, 0.29) is 13.2 Å². The molecule has 17 heavy (non-hydrogen) atoms. The smallest absolute Gasteiger partial charge is 0.419 e. The van der Waals surface area contributed by atoms with Gasteiger partial charge in [0.25, 0.3) is 0 Å². The molecule has 0 spiro atoms. The van der Waals surface area contributed by atoms with E-state index in [1.165, 1.54) is 0 Å². The Hall–Kier alpha value is -1.76. The van der Waals surface area contributed by atoms with Crippen LogP contribution in [-0.4, -0.2) is 24.2 Å². The van der Waals surface area contributed by atoms with E-state index in [4.69, 9.17) is 15.6 Å². The maximum absolute atomic E-state index is 12.6. The van der Waals surface area contributed by atoms with Gasteiger partial charge in [-0.2, -0.15) is 13.2 Å². The van der Waals surface area contributed by atoms with E-state index in [0.29, 0.717) is 6.07 Å². The number of ether oxygens (including phenoxy) is 1. The molecule has 0 radical (unpaired) electrons. The number of hydrogen-bond acceptors (Lipinski definition) is 3. The third-order valence-corrected chi connectivity index (χ3v) is 1.91. The molecule has 0 aromatic heterocycles. The summed E-state index contributed by atoms with van der Waals surface area (Å²) in [5, 5.41) is 8.61. The van der Waals surface area contributed by atoms with E-state index in [1.54, 1.807) is 0 Å². The lowest BCUT2D eigenvalue weighted by Gasteiger charge is -2.14. The third-order valence-electron chi connectivity index (χ3n) is 1.91. The van der Waals surface area contributed by atoms with Crippen molar-refractivity contribution < 1.29 is 27.8 Å². The summed E-state index contributed by atoms with van der Waals surface area (Å²) in [7, 11) is 0. The van der Waals surface area contributed by atoms with Gasteiger partial charge in [-0.3, -0.25) is 0 Å². The molecule has 4 nitrogen and oxygen atoms in total. The Bertz CT molecular complexity index is 418. The van der Waals surface area contributed by atoms with E-state index in [9.17, 15) is 18.0 Å². The predicted molar refractivity (Wildman–Crippen MR) is 53.0 cm³/mol. The average molecular weight is 249 g/mol. The number of benzene rings is 1. The number of carbonyl (C=O) groups is 1. The highest BCUT2D eigenvalue weighted by Crippen LogP contribution is 2.36. The number of carboxylic acids is 1. The highest BCUT2D eigenvalue weighted by molar-refractivity contribution is 5.88. The molecule has 1 rings (SSSR count). The first-order chi connectivity index (χ1) is 7.86. The van der Waals surface area contributed by atoms with Gasteiger partial charge in [-0.1, -0.05) is 0 Å². The summed E-state index contributed by atoms with van der Waals surface area (Å²) in [5.41, 5.74) is 3.55. The van der Waals surface area contributed by atoms with Crippen LogP contribution in [0.3, 0.4) is 0 Å². The molecule has 3 N–H and O–H groups in total. The first-order valence-electron chi connectivity index (χ1n) is 4.63. The van der Waals surface area contributed by atoms with E-state index < -0.39 is 29.0 Å². The minimum atomic E-state index is -4.67. The van der Waals surface area contributed by atoms with Gasteiger partial charge in [0.2, 0.25) is 0 Å². The second kappa shape index (κ2) is 5.05. The van der Waals surface area contributed by atoms with Crippen molar-refractivity contribution in [3.63, 3.8) is 0 Å². The summed E-state index contributed by atoms with van der Waals surface area (Å²) < 4.78 is 42.7. The summed E-state index contributed by atoms with van der Waals surface area (Å²) in [5.74, 6) is -1.85. The van der Waals surface area contributed by atoms with Crippen molar-refractivity contribution >= 4 is 5.97 Å². The molecule has 0 bridgehead atoms.